The van der Waals surface area contributed by atoms with E-state index in [-0.39, 0.29) is 0 Å². The predicted molar refractivity (Wildman–Crippen MR) is 86.4 cm³/mol. The molecular weight excluding hydrogens is 264 g/mol. The van der Waals surface area contributed by atoms with Gasteiger partial charge in [0.15, 0.2) is 5.96 Å². The van der Waals surface area contributed by atoms with E-state index in [1.165, 1.54) is 32.4 Å². The Balaban J connectivity index is 1.63. The largest absolute Gasteiger partial charge is 0.467 e. The second-order valence-corrected chi connectivity index (χ2v) is 5.67. The fourth-order valence-electron chi connectivity index (χ4n) is 2.75. The lowest BCUT2D eigenvalue weighted by atomic mass is 10.1. The molecular formula is C16H28N4O. The van der Waals surface area contributed by atoms with Crippen LogP contribution in [0.25, 0.3) is 0 Å². The molecule has 118 valence electrons. The molecule has 0 saturated carbocycles. The van der Waals surface area contributed by atoms with Crippen LogP contribution in [0.3, 0.4) is 0 Å². The first-order valence-electron chi connectivity index (χ1n) is 8.00. The molecule has 0 spiro atoms. The standard InChI is InChI=1S/C16H28N4O/c1-14(20-10-4-3-5-11-20)8-9-18-16(17-2)19-13-15-7-6-12-21-15/h6-7,12,14H,3-5,8-11,13H2,1-2H3,(H2,17,18,19)/t14-/m1/s1. The van der Waals surface area contributed by atoms with E-state index in [4.69, 9.17) is 4.42 Å². The summed E-state index contributed by atoms with van der Waals surface area (Å²) in [7, 11) is 1.80. The van der Waals surface area contributed by atoms with Crippen LogP contribution in [0.1, 0.15) is 38.4 Å². The minimum atomic E-state index is 0.640. The quantitative estimate of drug-likeness (QED) is 0.623. The highest BCUT2D eigenvalue weighted by Gasteiger charge is 2.16. The average Bonchev–Trinajstić information content (AvgIpc) is 3.04. The van der Waals surface area contributed by atoms with Crippen molar-refractivity contribution in [3.05, 3.63) is 24.2 Å². The highest BCUT2D eigenvalue weighted by atomic mass is 16.3. The maximum atomic E-state index is 5.30. The Labute approximate surface area is 127 Å². The summed E-state index contributed by atoms with van der Waals surface area (Å²) in [5.74, 6) is 1.75. The Morgan fingerprint density at radius 3 is 2.81 bits per heavy atom. The Morgan fingerprint density at radius 1 is 1.33 bits per heavy atom. The second kappa shape index (κ2) is 8.72. The summed E-state index contributed by atoms with van der Waals surface area (Å²) in [6.07, 6.45) is 6.92. The molecule has 0 amide bonds. The zero-order valence-corrected chi connectivity index (χ0v) is 13.3. The lowest BCUT2D eigenvalue weighted by molar-refractivity contribution is 0.167. The third-order valence-electron chi connectivity index (χ3n) is 4.10. The van der Waals surface area contributed by atoms with Gasteiger partial charge >= 0.3 is 0 Å². The fourth-order valence-corrected chi connectivity index (χ4v) is 2.75. The molecule has 1 aromatic rings. The number of piperidine rings is 1. The first-order chi connectivity index (χ1) is 10.3. The number of nitrogens with one attached hydrogen (secondary N) is 2. The van der Waals surface area contributed by atoms with E-state index in [0.29, 0.717) is 12.6 Å². The van der Waals surface area contributed by atoms with Crippen molar-refractivity contribution in [2.75, 3.05) is 26.7 Å². The molecule has 1 saturated heterocycles. The fraction of sp³-hybridized carbons (Fsp3) is 0.688. The van der Waals surface area contributed by atoms with Gasteiger partial charge in [-0.05, 0) is 51.4 Å². The Hall–Kier alpha value is -1.49. The lowest BCUT2D eigenvalue weighted by Crippen LogP contribution is -2.42. The highest BCUT2D eigenvalue weighted by molar-refractivity contribution is 5.79. The smallest absolute Gasteiger partial charge is 0.191 e. The van der Waals surface area contributed by atoms with Gasteiger partial charge < -0.3 is 20.0 Å². The number of hydrogen-bond donors (Lipinski definition) is 2. The van der Waals surface area contributed by atoms with Crippen molar-refractivity contribution < 1.29 is 4.42 Å². The number of hydrogen-bond acceptors (Lipinski definition) is 3. The van der Waals surface area contributed by atoms with Crippen LogP contribution in [-0.4, -0.2) is 43.6 Å². The van der Waals surface area contributed by atoms with Gasteiger partial charge in [0.25, 0.3) is 0 Å². The van der Waals surface area contributed by atoms with E-state index in [2.05, 4.69) is 27.4 Å². The molecule has 5 nitrogen and oxygen atoms in total. The van der Waals surface area contributed by atoms with E-state index in [9.17, 15) is 0 Å². The summed E-state index contributed by atoms with van der Waals surface area (Å²) in [4.78, 5) is 6.84. The third-order valence-corrected chi connectivity index (χ3v) is 4.10. The molecule has 1 aromatic heterocycles. The van der Waals surface area contributed by atoms with E-state index < -0.39 is 0 Å². The van der Waals surface area contributed by atoms with Crippen LogP contribution < -0.4 is 10.6 Å². The number of furan rings is 1. The Kier molecular flexibility index (Phi) is 6.60. The Bertz CT molecular complexity index is 410. The first kappa shape index (κ1) is 15.9. The van der Waals surface area contributed by atoms with E-state index >= 15 is 0 Å². The molecule has 1 atom stereocenters. The van der Waals surface area contributed by atoms with Crippen LogP contribution in [-0.2, 0) is 6.54 Å². The van der Waals surface area contributed by atoms with Crippen molar-refractivity contribution in [3.8, 4) is 0 Å². The molecule has 2 heterocycles. The van der Waals surface area contributed by atoms with Crippen LogP contribution in [0.2, 0.25) is 0 Å². The van der Waals surface area contributed by atoms with Gasteiger partial charge in [0, 0.05) is 19.6 Å². The molecule has 1 fully saturated rings. The predicted octanol–water partition coefficient (Wildman–Crippen LogP) is 2.21. The number of guanidine groups is 1. The van der Waals surface area contributed by atoms with Crippen molar-refractivity contribution in [2.45, 2.75) is 45.2 Å². The number of nitrogens with zero attached hydrogens (tertiary/aromatic N) is 2. The molecule has 0 radical (unpaired) electrons. The molecule has 5 heteroatoms. The zero-order chi connectivity index (χ0) is 14.9. The van der Waals surface area contributed by atoms with Crippen LogP contribution in [0, 0.1) is 0 Å². The molecule has 2 N–H and O–H groups in total. The van der Waals surface area contributed by atoms with Crippen molar-refractivity contribution in [2.24, 2.45) is 4.99 Å². The molecule has 0 aliphatic carbocycles. The van der Waals surface area contributed by atoms with Crippen molar-refractivity contribution in [1.29, 1.82) is 0 Å². The monoisotopic (exact) mass is 292 g/mol. The summed E-state index contributed by atoms with van der Waals surface area (Å²) < 4.78 is 5.30. The van der Waals surface area contributed by atoms with Gasteiger partial charge in [0.1, 0.15) is 5.76 Å². The van der Waals surface area contributed by atoms with Crippen LogP contribution in [0.15, 0.2) is 27.8 Å². The van der Waals surface area contributed by atoms with Crippen molar-refractivity contribution in [1.82, 2.24) is 15.5 Å². The van der Waals surface area contributed by atoms with Crippen LogP contribution in [0.5, 0.6) is 0 Å². The number of likely N-dealkylation sites (tertiary alicyclic amines) is 1. The summed E-state index contributed by atoms with van der Waals surface area (Å²) >= 11 is 0. The lowest BCUT2D eigenvalue weighted by Gasteiger charge is -2.32. The minimum absolute atomic E-state index is 0.640. The summed E-state index contributed by atoms with van der Waals surface area (Å²) in [5.41, 5.74) is 0. The molecule has 0 bridgehead atoms. The van der Waals surface area contributed by atoms with Crippen LogP contribution >= 0.6 is 0 Å². The summed E-state index contributed by atoms with van der Waals surface area (Å²) in [5, 5.41) is 6.63. The van der Waals surface area contributed by atoms with Gasteiger partial charge in [-0.25, -0.2) is 0 Å². The summed E-state index contributed by atoms with van der Waals surface area (Å²) in [6.45, 7) is 6.44. The molecule has 0 aromatic carbocycles. The molecule has 0 unspecified atom stereocenters. The Morgan fingerprint density at radius 2 is 2.14 bits per heavy atom. The van der Waals surface area contributed by atoms with E-state index in [0.717, 1.165) is 24.7 Å². The van der Waals surface area contributed by atoms with E-state index in [1.807, 2.05) is 12.1 Å². The van der Waals surface area contributed by atoms with E-state index in [1.54, 1.807) is 13.3 Å². The molecule has 2 rings (SSSR count). The van der Waals surface area contributed by atoms with Gasteiger partial charge in [0.2, 0.25) is 0 Å². The van der Waals surface area contributed by atoms with Gasteiger partial charge in [-0.15, -0.1) is 0 Å². The second-order valence-electron chi connectivity index (χ2n) is 5.67. The molecule has 1 aliphatic rings. The van der Waals surface area contributed by atoms with Crippen LogP contribution in [0.4, 0.5) is 0 Å². The highest BCUT2D eigenvalue weighted by Crippen LogP contribution is 2.13. The first-order valence-corrected chi connectivity index (χ1v) is 8.00. The molecule has 1 aliphatic heterocycles. The van der Waals surface area contributed by atoms with Gasteiger partial charge in [-0.1, -0.05) is 6.42 Å². The van der Waals surface area contributed by atoms with Gasteiger partial charge in [-0.2, -0.15) is 0 Å². The average molecular weight is 292 g/mol. The number of aliphatic imine (C=N–C) groups is 1. The van der Waals surface area contributed by atoms with Gasteiger partial charge in [-0.3, -0.25) is 4.99 Å². The summed E-state index contributed by atoms with van der Waals surface area (Å²) in [6, 6.07) is 4.49. The molecule has 21 heavy (non-hydrogen) atoms. The topological polar surface area (TPSA) is 52.8 Å². The van der Waals surface area contributed by atoms with Crippen molar-refractivity contribution >= 4 is 5.96 Å². The van der Waals surface area contributed by atoms with Crippen molar-refractivity contribution in [3.63, 3.8) is 0 Å². The number of rotatable bonds is 6. The maximum Gasteiger partial charge on any atom is 0.191 e. The van der Waals surface area contributed by atoms with Gasteiger partial charge in [0.05, 0.1) is 12.8 Å². The minimum Gasteiger partial charge on any atom is -0.467 e. The third kappa shape index (κ3) is 5.42. The normalized spacial score (nSPS) is 18.5. The SMILES string of the molecule is CN=C(NCC[C@@H](C)N1CCCCC1)NCc1ccco1. The zero-order valence-electron chi connectivity index (χ0n) is 13.3. The maximum absolute atomic E-state index is 5.30.